The number of fused-ring (bicyclic) bond motifs is 2. The monoisotopic (exact) mass is 480 g/mol. The summed E-state index contributed by atoms with van der Waals surface area (Å²) in [5.41, 5.74) is 18.6. The summed E-state index contributed by atoms with van der Waals surface area (Å²) in [7, 11) is 0. The molecule has 1 saturated heterocycles. The molecule has 9 nitrogen and oxygen atoms in total. The summed E-state index contributed by atoms with van der Waals surface area (Å²) >= 11 is 0. The molecule has 0 saturated carbocycles. The van der Waals surface area contributed by atoms with Gasteiger partial charge < -0.3 is 16.4 Å². The summed E-state index contributed by atoms with van der Waals surface area (Å²) < 4.78 is 3.76. The van der Waals surface area contributed by atoms with Gasteiger partial charge in [-0.15, -0.1) is 0 Å². The molecule has 4 N–H and O–H groups in total. The first-order valence-corrected chi connectivity index (χ1v) is 12.2. The predicted octanol–water partition coefficient (Wildman–Crippen LogP) is 3.68. The molecular weight excluding hydrogens is 452 g/mol. The van der Waals surface area contributed by atoms with E-state index in [9.17, 15) is 4.79 Å². The molecule has 3 aromatic heterocycles. The third-order valence-electron chi connectivity index (χ3n) is 7.24. The maximum absolute atomic E-state index is 11.8. The Morgan fingerprint density at radius 2 is 1.83 bits per heavy atom. The average molecular weight is 481 g/mol. The summed E-state index contributed by atoms with van der Waals surface area (Å²) in [5, 5.41) is 10.3. The first-order chi connectivity index (χ1) is 17.5. The Morgan fingerprint density at radius 3 is 2.58 bits per heavy atom. The standard InChI is InChI=1S/C27H28N8O/c1-17(36)33-11-9-19(10-12-33)24-14-22(25-26(28)30-16-31-35(24)25)20-7-8-21-23(13-20)32-34(27(21)29)15-18-5-3-2-4-6-18/h2-8,13-14,16,19H,9-12,15,29H2,1H3,(H2,28,30,31). The van der Waals surface area contributed by atoms with Crippen molar-refractivity contribution in [1.82, 2.24) is 29.3 Å². The molecule has 4 heterocycles. The molecular formula is C27H28N8O. The molecule has 1 fully saturated rings. The maximum Gasteiger partial charge on any atom is 0.219 e. The van der Waals surface area contributed by atoms with Crippen LogP contribution in [0.15, 0.2) is 60.9 Å². The highest BCUT2D eigenvalue weighted by atomic mass is 16.2. The summed E-state index contributed by atoms with van der Waals surface area (Å²) in [4.78, 5) is 18.0. The lowest BCUT2D eigenvalue weighted by molar-refractivity contribution is -0.129. The molecule has 0 atom stereocenters. The summed E-state index contributed by atoms with van der Waals surface area (Å²) in [6, 6.07) is 18.4. The zero-order valence-corrected chi connectivity index (χ0v) is 20.1. The van der Waals surface area contributed by atoms with Crippen molar-refractivity contribution in [3.05, 3.63) is 72.2 Å². The quantitative estimate of drug-likeness (QED) is 0.405. The fourth-order valence-electron chi connectivity index (χ4n) is 5.29. The number of anilines is 2. The van der Waals surface area contributed by atoms with E-state index in [-0.39, 0.29) is 11.8 Å². The topological polar surface area (TPSA) is 120 Å². The Bertz CT molecular complexity index is 1580. The van der Waals surface area contributed by atoms with Gasteiger partial charge in [0.15, 0.2) is 5.82 Å². The SMILES string of the molecule is CC(=O)N1CCC(c2cc(-c3ccc4c(N)n(Cc5ccccc5)nc4c3)c3c(N)ncnn23)CC1. The van der Waals surface area contributed by atoms with E-state index in [1.54, 1.807) is 6.92 Å². The number of hydrogen-bond acceptors (Lipinski definition) is 6. The van der Waals surface area contributed by atoms with Crippen molar-refractivity contribution in [1.29, 1.82) is 0 Å². The number of aromatic nitrogens is 5. The summed E-state index contributed by atoms with van der Waals surface area (Å²) in [5.74, 6) is 1.48. The Labute approximate surface area is 208 Å². The number of hydrogen-bond donors (Lipinski definition) is 2. The molecule has 1 amide bonds. The van der Waals surface area contributed by atoms with Gasteiger partial charge in [0.25, 0.3) is 0 Å². The van der Waals surface area contributed by atoms with Crippen LogP contribution in [0.3, 0.4) is 0 Å². The molecule has 1 aliphatic rings. The minimum atomic E-state index is 0.125. The van der Waals surface area contributed by atoms with E-state index >= 15 is 0 Å². The van der Waals surface area contributed by atoms with Gasteiger partial charge in [-0.05, 0) is 42.2 Å². The lowest BCUT2D eigenvalue weighted by atomic mass is 9.93. The number of rotatable bonds is 4. The predicted molar refractivity (Wildman–Crippen MR) is 140 cm³/mol. The number of amides is 1. The second-order valence-corrected chi connectivity index (χ2v) is 9.43. The second kappa shape index (κ2) is 8.67. The second-order valence-electron chi connectivity index (χ2n) is 9.43. The lowest BCUT2D eigenvalue weighted by Gasteiger charge is -2.31. The van der Waals surface area contributed by atoms with Gasteiger partial charge in [-0.1, -0.05) is 36.4 Å². The molecule has 6 rings (SSSR count). The van der Waals surface area contributed by atoms with Crippen LogP contribution in [0.25, 0.3) is 27.5 Å². The number of likely N-dealkylation sites (tertiary alicyclic amines) is 1. The molecule has 0 radical (unpaired) electrons. The number of carbonyl (C=O) groups excluding carboxylic acids is 1. The maximum atomic E-state index is 11.8. The molecule has 1 aliphatic heterocycles. The fourth-order valence-corrected chi connectivity index (χ4v) is 5.29. The Kier molecular flexibility index (Phi) is 5.32. The minimum Gasteiger partial charge on any atom is -0.383 e. The Hall–Kier alpha value is -4.40. The molecule has 0 spiro atoms. The van der Waals surface area contributed by atoms with E-state index in [1.807, 2.05) is 38.4 Å². The van der Waals surface area contributed by atoms with Crippen molar-refractivity contribution in [3.63, 3.8) is 0 Å². The van der Waals surface area contributed by atoms with Gasteiger partial charge in [0.1, 0.15) is 17.7 Å². The molecule has 0 aliphatic carbocycles. The average Bonchev–Trinajstić information content (AvgIpc) is 3.43. The third kappa shape index (κ3) is 3.73. The smallest absolute Gasteiger partial charge is 0.219 e. The van der Waals surface area contributed by atoms with Crippen molar-refractivity contribution in [2.75, 3.05) is 24.6 Å². The van der Waals surface area contributed by atoms with Crippen LogP contribution >= 0.6 is 0 Å². The Morgan fingerprint density at radius 1 is 1.06 bits per heavy atom. The molecule has 0 bridgehead atoms. The van der Waals surface area contributed by atoms with Crippen molar-refractivity contribution in [2.45, 2.75) is 32.2 Å². The van der Waals surface area contributed by atoms with Gasteiger partial charge in [0.05, 0.1) is 12.1 Å². The number of piperidine rings is 1. The van der Waals surface area contributed by atoms with Crippen LogP contribution in [0, 0.1) is 0 Å². The van der Waals surface area contributed by atoms with Crippen LogP contribution in [-0.2, 0) is 11.3 Å². The normalized spacial score (nSPS) is 14.6. The molecule has 36 heavy (non-hydrogen) atoms. The van der Waals surface area contributed by atoms with Crippen molar-refractivity contribution in [3.8, 4) is 11.1 Å². The van der Waals surface area contributed by atoms with Crippen LogP contribution in [0.1, 0.15) is 36.9 Å². The van der Waals surface area contributed by atoms with Crippen LogP contribution in [0.5, 0.6) is 0 Å². The van der Waals surface area contributed by atoms with Gasteiger partial charge in [-0.3, -0.25) is 4.79 Å². The Balaban J connectivity index is 1.40. The molecule has 0 unspecified atom stereocenters. The third-order valence-corrected chi connectivity index (χ3v) is 7.24. The first-order valence-electron chi connectivity index (χ1n) is 12.2. The van der Waals surface area contributed by atoms with Crippen molar-refractivity contribution >= 4 is 34.0 Å². The van der Waals surface area contributed by atoms with E-state index in [2.05, 4.69) is 40.4 Å². The van der Waals surface area contributed by atoms with E-state index in [1.165, 1.54) is 6.33 Å². The van der Waals surface area contributed by atoms with Crippen LogP contribution in [0.2, 0.25) is 0 Å². The highest BCUT2D eigenvalue weighted by Crippen LogP contribution is 2.38. The number of nitrogens with zero attached hydrogens (tertiary/aromatic N) is 6. The minimum absolute atomic E-state index is 0.125. The van der Waals surface area contributed by atoms with Gasteiger partial charge >= 0.3 is 0 Å². The zero-order valence-electron chi connectivity index (χ0n) is 20.1. The van der Waals surface area contributed by atoms with Crippen molar-refractivity contribution < 1.29 is 4.79 Å². The number of benzene rings is 2. The van der Waals surface area contributed by atoms with E-state index in [0.717, 1.165) is 64.7 Å². The molecule has 2 aromatic carbocycles. The summed E-state index contributed by atoms with van der Waals surface area (Å²) in [6.45, 7) is 3.72. The highest BCUT2D eigenvalue weighted by molar-refractivity contribution is 5.96. The largest absolute Gasteiger partial charge is 0.383 e. The number of nitrogen functional groups attached to an aromatic ring is 2. The summed E-state index contributed by atoms with van der Waals surface area (Å²) in [6.07, 6.45) is 3.26. The van der Waals surface area contributed by atoms with Gasteiger partial charge in [0, 0.05) is 42.6 Å². The number of carbonyl (C=O) groups is 1. The fraction of sp³-hybridized carbons (Fsp3) is 0.259. The van der Waals surface area contributed by atoms with E-state index < -0.39 is 0 Å². The molecule has 9 heteroatoms. The van der Waals surface area contributed by atoms with Gasteiger partial charge in [0.2, 0.25) is 5.91 Å². The zero-order chi connectivity index (χ0) is 24.8. The lowest BCUT2D eigenvalue weighted by Crippen LogP contribution is -2.36. The van der Waals surface area contributed by atoms with Gasteiger partial charge in [-0.2, -0.15) is 10.2 Å². The van der Waals surface area contributed by atoms with Crippen molar-refractivity contribution in [2.24, 2.45) is 0 Å². The number of nitrogens with two attached hydrogens (primary N) is 2. The van der Waals surface area contributed by atoms with Crippen LogP contribution in [0.4, 0.5) is 11.6 Å². The molecule has 5 aromatic rings. The first kappa shape index (κ1) is 22.1. The van der Waals surface area contributed by atoms with Gasteiger partial charge in [-0.25, -0.2) is 14.2 Å². The van der Waals surface area contributed by atoms with E-state index in [0.29, 0.717) is 18.2 Å². The van der Waals surface area contributed by atoms with E-state index in [4.69, 9.17) is 16.6 Å². The highest BCUT2D eigenvalue weighted by Gasteiger charge is 2.27. The van der Waals surface area contributed by atoms with Crippen LogP contribution in [-0.4, -0.2) is 48.3 Å². The van der Waals surface area contributed by atoms with Crippen LogP contribution < -0.4 is 11.5 Å². The molecule has 182 valence electrons.